The van der Waals surface area contributed by atoms with Gasteiger partial charge in [-0.1, -0.05) is 26.0 Å². The summed E-state index contributed by atoms with van der Waals surface area (Å²) >= 11 is 1.39. The first-order chi connectivity index (χ1) is 13.5. The molecule has 1 N–H and O–H groups in total. The molecule has 0 radical (unpaired) electrons. The van der Waals surface area contributed by atoms with Crippen LogP contribution in [0.2, 0.25) is 0 Å². The van der Waals surface area contributed by atoms with Crippen LogP contribution in [0, 0.1) is 5.92 Å². The smallest absolute Gasteiger partial charge is 0.284 e. The van der Waals surface area contributed by atoms with Gasteiger partial charge in [0.15, 0.2) is 5.01 Å². The molecular formula is C22H23N3O2S. The van der Waals surface area contributed by atoms with Crippen LogP contribution in [0.1, 0.15) is 42.1 Å². The molecule has 0 fully saturated rings. The molecule has 2 aromatic carbocycles. The molecule has 0 aliphatic carbocycles. The minimum Gasteiger partial charge on any atom is -0.320 e. The van der Waals surface area contributed by atoms with Crippen molar-refractivity contribution in [3.8, 4) is 0 Å². The zero-order chi connectivity index (χ0) is 19.7. The molecule has 3 aromatic rings. The van der Waals surface area contributed by atoms with Crippen LogP contribution in [0.3, 0.4) is 0 Å². The Bertz CT molecular complexity index is 1010. The van der Waals surface area contributed by atoms with Gasteiger partial charge in [0.05, 0.1) is 10.2 Å². The minimum atomic E-state index is -0.204. The number of anilines is 2. The average Bonchev–Trinajstić information content (AvgIpc) is 3.11. The number of carbonyl (C=O) groups excluding carboxylic acids is 2. The van der Waals surface area contributed by atoms with E-state index < -0.39 is 0 Å². The Labute approximate surface area is 168 Å². The van der Waals surface area contributed by atoms with Gasteiger partial charge in [0.25, 0.3) is 5.91 Å². The third-order valence-electron chi connectivity index (χ3n) is 4.96. The molecule has 0 atom stereocenters. The first-order valence-corrected chi connectivity index (χ1v) is 10.4. The number of amides is 2. The molecular weight excluding hydrogens is 370 g/mol. The van der Waals surface area contributed by atoms with E-state index in [1.165, 1.54) is 11.3 Å². The normalized spacial score (nSPS) is 13.8. The molecule has 0 spiro atoms. The monoisotopic (exact) mass is 393 g/mol. The summed E-state index contributed by atoms with van der Waals surface area (Å²) in [7, 11) is 0. The summed E-state index contributed by atoms with van der Waals surface area (Å²) in [5.41, 5.74) is 3.64. The van der Waals surface area contributed by atoms with Gasteiger partial charge in [-0.05, 0) is 54.7 Å². The molecule has 1 aromatic heterocycles. The SMILES string of the molecule is CC(C)CCN1C(=O)CCc2cc(NC(=O)c3nc4ccccc4s3)ccc21. The summed E-state index contributed by atoms with van der Waals surface area (Å²) in [6.45, 7) is 5.06. The lowest BCUT2D eigenvalue weighted by Crippen LogP contribution is -2.36. The molecule has 0 saturated heterocycles. The standard InChI is InChI=1S/C22H23N3O2S/c1-14(2)11-12-25-18-9-8-16(13-15(18)7-10-20(25)26)23-21(27)22-24-17-5-3-4-6-19(17)28-22/h3-6,8-9,13-14H,7,10-12H2,1-2H3,(H,23,27). The highest BCUT2D eigenvalue weighted by Gasteiger charge is 2.24. The second-order valence-corrected chi connectivity index (χ2v) is 8.54. The number of aromatic nitrogens is 1. The van der Waals surface area contributed by atoms with E-state index in [0.717, 1.165) is 40.1 Å². The zero-order valence-corrected chi connectivity index (χ0v) is 16.9. The van der Waals surface area contributed by atoms with Crippen LogP contribution in [0.25, 0.3) is 10.2 Å². The van der Waals surface area contributed by atoms with Gasteiger partial charge in [0.2, 0.25) is 5.91 Å². The number of para-hydroxylation sites is 1. The number of hydrogen-bond acceptors (Lipinski definition) is 4. The molecule has 28 heavy (non-hydrogen) atoms. The first kappa shape index (κ1) is 18.6. The van der Waals surface area contributed by atoms with E-state index in [-0.39, 0.29) is 11.8 Å². The Morgan fingerprint density at radius 1 is 1.21 bits per heavy atom. The van der Waals surface area contributed by atoms with Crippen LogP contribution in [0.4, 0.5) is 11.4 Å². The number of rotatable bonds is 5. The lowest BCUT2D eigenvalue weighted by molar-refractivity contribution is -0.118. The van der Waals surface area contributed by atoms with Crippen LogP contribution < -0.4 is 10.2 Å². The van der Waals surface area contributed by atoms with Gasteiger partial charge in [0.1, 0.15) is 0 Å². The second kappa shape index (κ2) is 7.72. The Kier molecular flexibility index (Phi) is 5.13. The van der Waals surface area contributed by atoms with Gasteiger partial charge in [-0.15, -0.1) is 11.3 Å². The van der Waals surface area contributed by atoms with Crippen molar-refractivity contribution in [2.24, 2.45) is 5.92 Å². The van der Waals surface area contributed by atoms with Gasteiger partial charge in [-0.3, -0.25) is 9.59 Å². The van der Waals surface area contributed by atoms with Crippen molar-refractivity contribution in [2.45, 2.75) is 33.1 Å². The maximum atomic E-state index is 12.6. The second-order valence-electron chi connectivity index (χ2n) is 7.51. The molecule has 6 heteroatoms. The van der Waals surface area contributed by atoms with Crippen molar-refractivity contribution in [3.05, 3.63) is 53.0 Å². The highest BCUT2D eigenvalue weighted by atomic mass is 32.1. The van der Waals surface area contributed by atoms with Crippen LogP contribution in [0.5, 0.6) is 0 Å². The fraction of sp³-hybridized carbons (Fsp3) is 0.318. The summed E-state index contributed by atoms with van der Waals surface area (Å²) in [5.74, 6) is 0.523. The molecule has 144 valence electrons. The number of thiazole rings is 1. The number of hydrogen-bond donors (Lipinski definition) is 1. The largest absolute Gasteiger partial charge is 0.320 e. The maximum Gasteiger partial charge on any atom is 0.284 e. The van der Waals surface area contributed by atoms with Crippen molar-refractivity contribution in [1.82, 2.24) is 4.98 Å². The quantitative estimate of drug-likeness (QED) is 0.672. The summed E-state index contributed by atoms with van der Waals surface area (Å²) in [5, 5.41) is 3.40. The summed E-state index contributed by atoms with van der Waals surface area (Å²) in [6, 6.07) is 13.5. The van der Waals surface area contributed by atoms with Crippen LogP contribution >= 0.6 is 11.3 Å². The zero-order valence-electron chi connectivity index (χ0n) is 16.1. The number of aryl methyl sites for hydroxylation is 1. The van der Waals surface area contributed by atoms with Crippen molar-refractivity contribution in [3.63, 3.8) is 0 Å². The van der Waals surface area contributed by atoms with E-state index in [2.05, 4.69) is 24.1 Å². The molecule has 2 amide bonds. The van der Waals surface area contributed by atoms with Crippen LogP contribution in [-0.4, -0.2) is 23.3 Å². The van der Waals surface area contributed by atoms with E-state index >= 15 is 0 Å². The van der Waals surface area contributed by atoms with E-state index in [9.17, 15) is 9.59 Å². The first-order valence-electron chi connectivity index (χ1n) is 9.61. The fourth-order valence-electron chi connectivity index (χ4n) is 3.42. The van der Waals surface area contributed by atoms with Gasteiger partial charge >= 0.3 is 0 Å². The van der Waals surface area contributed by atoms with Crippen molar-refractivity contribution in [1.29, 1.82) is 0 Å². The highest BCUT2D eigenvalue weighted by Crippen LogP contribution is 2.31. The molecule has 1 aliphatic heterocycles. The molecule has 4 rings (SSSR count). The van der Waals surface area contributed by atoms with Crippen molar-refractivity contribution in [2.75, 3.05) is 16.8 Å². The molecule has 0 saturated carbocycles. The topological polar surface area (TPSA) is 62.3 Å². The van der Waals surface area contributed by atoms with Gasteiger partial charge in [-0.25, -0.2) is 4.98 Å². The van der Waals surface area contributed by atoms with Crippen molar-refractivity contribution < 1.29 is 9.59 Å². The number of fused-ring (bicyclic) bond motifs is 2. The lowest BCUT2D eigenvalue weighted by Gasteiger charge is -2.30. The Morgan fingerprint density at radius 2 is 2.04 bits per heavy atom. The van der Waals surface area contributed by atoms with E-state index in [4.69, 9.17) is 0 Å². The molecule has 1 aliphatic rings. The fourth-order valence-corrected chi connectivity index (χ4v) is 4.28. The van der Waals surface area contributed by atoms with Gasteiger partial charge < -0.3 is 10.2 Å². The number of nitrogens with one attached hydrogen (secondary N) is 1. The summed E-state index contributed by atoms with van der Waals surface area (Å²) in [6.07, 6.45) is 2.19. The van der Waals surface area contributed by atoms with Gasteiger partial charge in [0, 0.05) is 24.3 Å². The van der Waals surface area contributed by atoms with Gasteiger partial charge in [-0.2, -0.15) is 0 Å². The molecule has 0 unspecified atom stereocenters. The Morgan fingerprint density at radius 3 is 2.82 bits per heavy atom. The average molecular weight is 394 g/mol. The van der Waals surface area contributed by atoms with Crippen molar-refractivity contribution >= 4 is 44.7 Å². The maximum absolute atomic E-state index is 12.6. The van der Waals surface area contributed by atoms with E-state index in [1.807, 2.05) is 47.4 Å². The summed E-state index contributed by atoms with van der Waals surface area (Å²) < 4.78 is 0.998. The number of benzene rings is 2. The molecule has 5 nitrogen and oxygen atoms in total. The molecule has 2 heterocycles. The number of carbonyl (C=O) groups is 2. The predicted molar refractivity (Wildman–Crippen MR) is 114 cm³/mol. The number of nitrogens with zero attached hydrogens (tertiary/aromatic N) is 2. The molecule has 0 bridgehead atoms. The van der Waals surface area contributed by atoms with E-state index in [0.29, 0.717) is 23.8 Å². The summed E-state index contributed by atoms with van der Waals surface area (Å²) in [4.78, 5) is 31.3. The Hall–Kier alpha value is -2.73. The van der Waals surface area contributed by atoms with Crippen LogP contribution in [0.15, 0.2) is 42.5 Å². The third-order valence-corrected chi connectivity index (χ3v) is 5.99. The highest BCUT2D eigenvalue weighted by molar-refractivity contribution is 7.20. The minimum absolute atomic E-state index is 0.180. The van der Waals surface area contributed by atoms with Crippen LogP contribution in [-0.2, 0) is 11.2 Å². The van der Waals surface area contributed by atoms with E-state index in [1.54, 1.807) is 0 Å². The predicted octanol–water partition coefficient (Wildman–Crippen LogP) is 4.87. The third kappa shape index (κ3) is 3.78. The lowest BCUT2D eigenvalue weighted by atomic mass is 9.99. The Balaban J connectivity index is 1.53.